The second-order valence-corrected chi connectivity index (χ2v) is 2.49. The maximum Gasteiger partial charge on any atom is 0.00825 e. The van der Waals surface area contributed by atoms with Gasteiger partial charge in [-0.05, 0) is 17.9 Å². The fraction of sp³-hybridized carbons (Fsp3) is 0.143. The van der Waals surface area contributed by atoms with Gasteiger partial charge in [0.15, 0.2) is 0 Å². The molecule has 0 aliphatic heterocycles. The molecule has 0 aliphatic carbocycles. The van der Waals surface area contributed by atoms with E-state index in [0.717, 1.165) is 6.42 Å². The third-order valence-corrected chi connectivity index (χ3v) is 1.76. The molecule has 0 aromatic carbocycles. The highest BCUT2D eigenvalue weighted by Crippen LogP contribution is 2.11. The normalized spacial score (nSPS) is 9.62. The molecule has 0 saturated heterocycles. The fourth-order valence-corrected chi connectivity index (χ4v) is 1.24. The van der Waals surface area contributed by atoms with Crippen molar-refractivity contribution in [1.82, 2.24) is 0 Å². The second kappa shape index (κ2) is 2.88. The number of rotatable bonds is 2. The molecule has 2 radical (unpaired) electrons. The Bertz CT molecular complexity index is 130. The zero-order chi connectivity index (χ0) is 5.82. The SMILES string of the molecule is [CH2]C[CH]c1cccs1. The number of hydrogen-bond donors (Lipinski definition) is 0. The van der Waals surface area contributed by atoms with E-state index in [4.69, 9.17) is 0 Å². The molecule has 0 fully saturated rings. The van der Waals surface area contributed by atoms with Crippen molar-refractivity contribution < 1.29 is 0 Å². The standard InChI is InChI=1S/C7H8S/c1-2-4-7-5-3-6-8-7/h3-6H,1-2H2. The fourth-order valence-electron chi connectivity index (χ4n) is 0.550. The predicted molar refractivity (Wildman–Crippen MR) is 37.7 cm³/mol. The van der Waals surface area contributed by atoms with Gasteiger partial charge in [-0.1, -0.05) is 13.0 Å². The Balaban J connectivity index is 2.50. The van der Waals surface area contributed by atoms with Crippen LogP contribution in [0, 0.1) is 13.3 Å². The summed E-state index contributed by atoms with van der Waals surface area (Å²) in [6.45, 7) is 3.71. The Morgan fingerprint density at radius 3 is 3.12 bits per heavy atom. The highest BCUT2D eigenvalue weighted by atomic mass is 32.1. The first-order valence-corrected chi connectivity index (χ1v) is 3.47. The van der Waals surface area contributed by atoms with Gasteiger partial charge in [0, 0.05) is 11.3 Å². The van der Waals surface area contributed by atoms with Crippen LogP contribution >= 0.6 is 11.3 Å². The summed E-state index contributed by atoms with van der Waals surface area (Å²) in [5, 5.41) is 2.07. The molecule has 1 aromatic rings. The Kier molecular flexibility index (Phi) is 2.10. The van der Waals surface area contributed by atoms with Crippen molar-refractivity contribution in [3.05, 3.63) is 35.7 Å². The molecule has 0 nitrogen and oxygen atoms in total. The number of hydrogen-bond acceptors (Lipinski definition) is 1. The Labute approximate surface area is 54.2 Å². The van der Waals surface area contributed by atoms with E-state index >= 15 is 0 Å². The van der Waals surface area contributed by atoms with Crippen LogP contribution in [-0.4, -0.2) is 0 Å². The third kappa shape index (κ3) is 1.34. The summed E-state index contributed by atoms with van der Waals surface area (Å²) in [6.07, 6.45) is 3.01. The van der Waals surface area contributed by atoms with Crippen molar-refractivity contribution in [1.29, 1.82) is 0 Å². The minimum Gasteiger partial charge on any atom is -0.149 e. The van der Waals surface area contributed by atoms with Gasteiger partial charge in [0.1, 0.15) is 0 Å². The van der Waals surface area contributed by atoms with Crippen LogP contribution in [0.15, 0.2) is 17.5 Å². The van der Waals surface area contributed by atoms with Gasteiger partial charge >= 0.3 is 0 Å². The van der Waals surface area contributed by atoms with Gasteiger partial charge in [-0.25, -0.2) is 0 Å². The molecule has 0 bridgehead atoms. The van der Waals surface area contributed by atoms with Gasteiger partial charge in [-0.3, -0.25) is 0 Å². The largest absolute Gasteiger partial charge is 0.149 e. The van der Waals surface area contributed by atoms with Crippen LogP contribution in [0.4, 0.5) is 0 Å². The monoisotopic (exact) mass is 124 g/mol. The second-order valence-electron chi connectivity index (χ2n) is 1.51. The van der Waals surface area contributed by atoms with E-state index in [9.17, 15) is 0 Å². The van der Waals surface area contributed by atoms with Crippen LogP contribution in [-0.2, 0) is 0 Å². The summed E-state index contributed by atoms with van der Waals surface area (Å²) in [4.78, 5) is 1.32. The molecule has 0 amide bonds. The molecule has 1 heteroatoms. The molecule has 8 heavy (non-hydrogen) atoms. The molecule has 0 saturated carbocycles. The van der Waals surface area contributed by atoms with E-state index < -0.39 is 0 Å². The quantitative estimate of drug-likeness (QED) is 0.568. The molecular formula is C7H8S. The van der Waals surface area contributed by atoms with Gasteiger partial charge in [-0.2, -0.15) is 0 Å². The molecule has 1 rings (SSSR count). The first-order chi connectivity index (χ1) is 3.93. The third-order valence-electron chi connectivity index (χ3n) is 0.889. The van der Waals surface area contributed by atoms with E-state index in [2.05, 4.69) is 24.8 Å². The van der Waals surface area contributed by atoms with Gasteiger partial charge < -0.3 is 0 Å². The Morgan fingerprint density at radius 2 is 2.62 bits per heavy atom. The lowest BCUT2D eigenvalue weighted by molar-refractivity contribution is 1.28. The zero-order valence-corrected chi connectivity index (χ0v) is 5.45. The molecule has 0 atom stereocenters. The smallest absolute Gasteiger partial charge is 0.00825 e. The van der Waals surface area contributed by atoms with Crippen molar-refractivity contribution in [3.63, 3.8) is 0 Å². The molecular weight excluding hydrogens is 116 g/mol. The average Bonchev–Trinajstić information content (AvgIpc) is 2.19. The van der Waals surface area contributed by atoms with E-state index in [0.29, 0.717) is 0 Å². The van der Waals surface area contributed by atoms with Crippen molar-refractivity contribution >= 4 is 11.3 Å². The first kappa shape index (κ1) is 5.83. The van der Waals surface area contributed by atoms with Crippen LogP contribution in [0.25, 0.3) is 0 Å². The topological polar surface area (TPSA) is 0 Å². The lowest BCUT2D eigenvalue weighted by atomic mass is 10.3. The maximum absolute atomic E-state index is 3.71. The van der Waals surface area contributed by atoms with Crippen LogP contribution < -0.4 is 0 Å². The summed E-state index contributed by atoms with van der Waals surface area (Å²) < 4.78 is 0. The predicted octanol–water partition coefficient (Wildman–Crippen LogP) is 2.52. The molecule has 0 N–H and O–H groups in total. The van der Waals surface area contributed by atoms with Crippen molar-refractivity contribution in [2.24, 2.45) is 0 Å². The van der Waals surface area contributed by atoms with Crippen LogP contribution in [0.2, 0.25) is 0 Å². The molecule has 1 heterocycles. The minimum absolute atomic E-state index is 0.889. The van der Waals surface area contributed by atoms with Gasteiger partial charge in [0.2, 0.25) is 0 Å². The van der Waals surface area contributed by atoms with Crippen molar-refractivity contribution in [3.8, 4) is 0 Å². The van der Waals surface area contributed by atoms with Crippen molar-refractivity contribution in [2.75, 3.05) is 0 Å². The Hall–Kier alpha value is -0.300. The van der Waals surface area contributed by atoms with Gasteiger partial charge in [-0.15, -0.1) is 11.3 Å². The Morgan fingerprint density at radius 1 is 1.75 bits per heavy atom. The minimum atomic E-state index is 0.889. The molecule has 42 valence electrons. The maximum atomic E-state index is 3.71. The average molecular weight is 124 g/mol. The number of thiophene rings is 1. The molecule has 0 spiro atoms. The van der Waals surface area contributed by atoms with Crippen LogP contribution in [0.5, 0.6) is 0 Å². The molecule has 1 aromatic heterocycles. The lowest BCUT2D eigenvalue weighted by Crippen LogP contribution is -1.67. The first-order valence-electron chi connectivity index (χ1n) is 2.59. The highest BCUT2D eigenvalue weighted by Gasteiger charge is 1.87. The zero-order valence-electron chi connectivity index (χ0n) is 4.63. The highest BCUT2D eigenvalue weighted by molar-refractivity contribution is 7.10. The summed E-state index contributed by atoms with van der Waals surface area (Å²) in [7, 11) is 0. The van der Waals surface area contributed by atoms with Crippen LogP contribution in [0.3, 0.4) is 0 Å². The summed E-state index contributed by atoms with van der Waals surface area (Å²) in [6, 6.07) is 4.14. The summed E-state index contributed by atoms with van der Waals surface area (Å²) in [5.41, 5.74) is 0. The van der Waals surface area contributed by atoms with E-state index in [1.165, 1.54) is 4.88 Å². The van der Waals surface area contributed by atoms with E-state index in [1.807, 2.05) is 6.07 Å². The van der Waals surface area contributed by atoms with Gasteiger partial charge in [0.25, 0.3) is 0 Å². The molecule has 0 unspecified atom stereocenters. The van der Waals surface area contributed by atoms with E-state index in [1.54, 1.807) is 11.3 Å². The summed E-state index contributed by atoms with van der Waals surface area (Å²) >= 11 is 1.75. The molecule has 0 aliphatic rings. The summed E-state index contributed by atoms with van der Waals surface area (Å²) in [5.74, 6) is 0. The van der Waals surface area contributed by atoms with Crippen molar-refractivity contribution in [2.45, 2.75) is 6.42 Å². The lowest BCUT2D eigenvalue weighted by Gasteiger charge is -1.84. The van der Waals surface area contributed by atoms with E-state index in [-0.39, 0.29) is 0 Å². The van der Waals surface area contributed by atoms with Crippen LogP contribution in [0.1, 0.15) is 11.3 Å². The van der Waals surface area contributed by atoms with Gasteiger partial charge in [0.05, 0.1) is 0 Å².